The summed E-state index contributed by atoms with van der Waals surface area (Å²) in [5.41, 5.74) is 6.15. The molecule has 2 aromatic rings. The molecule has 0 aromatic heterocycles. The number of rotatable bonds is 4. The fraction of sp³-hybridized carbons (Fsp3) is 0.391. The van der Waals surface area contributed by atoms with E-state index >= 15 is 0 Å². The molecule has 0 bridgehead atoms. The van der Waals surface area contributed by atoms with Gasteiger partial charge in [-0.3, -0.25) is 4.79 Å². The van der Waals surface area contributed by atoms with Crippen LogP contribution in [0.2, 0.25) is 0 Å². The van der Waals surface area contributed by atoms with Crippen LogP contribution in [0.25, 0.3) is 0 Å². The molecule has 1 heterocycles. The van der Waals surface area contributed by atoms with Gasteiger partial charge in [0.25, 0.3) is 5.91 Å². The molecule has 0 unspecified atom stereocenters. The first-order chi connectivity index (χ1) is 13.4. The fourth-order valence-corrected chi connectivity index (χ4v) is 3.53. The van der Waals surface area contributed by atoms with Gasteiger partial charge in [0.1, 0.15) is 0 Å². The Hall–Kier alpha value is -2.82. The van der Waals surface area contributed by atoms with Crippen molar-refractivity contribution in [3.8, 4) is 0 Å². The molecule has 0 radical (unpaired) electrons. The van der Waals surface area contributed by atoms with Crippen molar-refractivity contribution >= 4 is 17.6 Å². The summed E-state index contributed by atoms with van der Waals surface area (Å²) in [5, 5.41) is 0. The van der Waals surface area contributed by atoms with E-state index in [-0.39, 0.29) is 12.5 Å². The molecule has 1 amide bonds. The fourth-order valence-electron chi connectivity index (χ4n) is 3.53. The Kier molecular flexibility index (Phi) is 6.02. The van der Waals surface area contributed by atoms with E-state index < -0.39 is 5.97 Å². The van der Waals surface area contributed by atoms with Gasteiger partial charge in [0, 0.05) is 31.9 Å². The Bertz CT molecular complexity index is 883. The van der Waals surface area contributed by atoms with E-state index in [4.69, 9.17) is 4.74 Å². The molecule has 0 aliphatic carbocycles. The van der Waals surface area contributed by atoms with E-state index in [2.05, 4.69) is 36.9 Å². The molecular formula is C23H28N2O3. The van der Waals surface area contributed by atoms with Crippen LogP contribution in [-0.4, -0.2) is 49.6 Å². The SMILES string of the molecule is Cc1ccc(C)c(C(=O)OCC(=O)N2CCN(c3cccc(C)c3C)CC2)c1. The molecule has 0 spiro atoms. The van der Waals surface area contributed by atoms with E-state index in [9.17, 15) is 9.59 Å². The van der Waals surface area contributed by atoms with E-state index in [1.165, 1.54) is 16.8 Å². The average Bonchev–Trinajstić information content (AvgIpc) is 2.70. The number of esters is 1. The molecule has 28 heavy (non-hydrogen) atoms. The summed E-state index contributed by atoms with van der Waals surface area (Å²) in [6.45, 7) is 10.6. The lowest BCUT2D eigenvalue weighted by Crippen LogP contribution is -2.50. The second kappa shape index (κ2) is 8.46. The molecule has 0 N–H and O–H groups in total. The van der Waals surface area contributed by atoms with Gasteiger partial charge in [0.2, 0.25) is 0 Å². The second-order valence-corrected chi connectivity index (χ2v) is 7.48. The standard InChI is InChI=1S/C23H28N2O3/c1-16-8-9-18(3)20(14-16)23(27)28-15-22(26)25-12-10-24(11-13-25)21-7-5-6-17(2)19(21)4/h5-9,14H,10-13,15H2,1-4H3. The smallest absolute Gasteiger partial charge is 0.338 e. The van der Waals surface area contributed by atoms with Crippen LogP contribution in [0.4, 0.5) is 5.69 Å². The highest BCUT2D eigenvalue weighted by Crippen LogP contribution is 2.24. The van der Waals surface area contributed by atoms with Gasteiger partial charge in [-0.25, -0.2) is 4.79 Å². The van der Waals surface area contributed by atoms with E-state index in [1.54, 1.807) is 11.0 Å². The molecule has 1 aliphatic rings. The normalized spacial score (nSPS) is 14.1. The number of nitrogens with zero attached hydrogens (tertiary/aromatic N) is 2. The molecule has 1 aliphatic heterocycles. The van der Waals surface area contributed by atoms with Gasteiger partial charge >= 0.3 is 5.97 Å². The Morgan fingerprint density at radius 2 is 1.64 bits per heavy atom. The third-order valence-corrected chi connectivity index (χ3v) is 5.49. The van der Waals surface area contributed by atoms with E-state index in [0.717, 1.165) is 24.2 Å². The lowest BCUT2D eigenvalue weighted by atomic mass is 10.1. The molecule has 2 aromatic carbocycles. The van der Waals surface area contributed by atoms with Gasteiger partial charge in [-0.2, -0.15) is 0 Å². The van der Waals surface area contributed by atoms with Crippen LogP contribution in [0.3, 0.4) is 0 Å². The number of anilines is 1. The van der Waals surface area contributed by atoms with Crippen molar-refractivity contribution in [2.75, 3.05) is 37.7 Å². The quantitative estimate of drug-likeness (QED) is 0.763. The van der Waals surface area contributed by atoms with Crippen molar-refractivity contribution in [2.45, 2.75) is 27.7 Å². The molecule has 0 saturated carbocycles. The summed E-state index contributed by atoms with van der Waals surface area (Å²) in [6.07, 6.45) is 0. The number of benzene rings is 2. The molecule has 1 saturated heterocycles. The van der Waals surface area contributed by atoms with Crippen LogP contribution in [0.1, 0.15) is 32.6 Å². The first-order valence-electron chi connectivity index (χ1n) is 9.70. The minimum atomic E-state index is -0.441. The highest BCUT2D eigenvalue weighted by atomic mass is 16.5. The van der Waals surface area contributed by atoms with Crippen LogP contribution in [0, 0.1) is 27.7 Å². The summed E-state index contributed by atoms with van der Waals surface area (Å²) in [5.74, 6) is -0.581. The van der Waals surface area contributed by atoms with E-state index in [1.807, 2.05) is 26.0 Å². The molecule has 5 heteroatoms. The van der Waals surface area contributed by atoms with Crippen LogP contribution < -0.4 is 4.90 Å². The van der Waals surface area contributed by atoms with Gasteiger partial charge in [-0.05, 0) is 56.5 Å². The maximum absolute atomic E-state index is 12.5. The van der Waals surface area contributed by atoms with Crippen molar-refractivity contribution < 1.29 is 14.3 Å². The Morgan fingerprint density at radius 3 is 2.36 bits per heavy atom. The Balaban J connectivity index is 1.53. The summed E-state index contributed by atoms with van der Waals surface area (Å²) in [4.78, 5) is 28.9. The molecular weight excluding hydrogens is 352 g/mol. The number of aryl methyl sites for hydroxylation is 3. The predicted octanol–water partition coefficient (Wildman–Crippen LogP) is 3.43. The predicted molar refractivity (Wildman–Crippen MR) is 111 cm³/mol. The maximum atomic E-state index is 12.5. The topological polar surface area (TPSA) is 49.9 Å². The second-order valence-electron chi connectivity index (χ2n) is 7.48. The van der Waals surface area contributed by atoms with Crippen molar-refractivity contribution in [3.05, 3.63) is 64.2 Å². The van der Waals surface area contributed by atoms with Gasteiger partial charge in [-0.1, -0.05) is 29.8 Å². The largest absolute Gasteiger partial charge is 0.452 e. The van der Waals surface area contributed by atoms with Crippen LogP contribution in [-0.2, 0) is 9.53 Å². The number of carbonyl (C=O) groups is 2. The third kappa shape index (κ3) is 4.35. The van der Waals surface area contributed by atoms with Crippen LogP contribution in [0.5, 0.6) is 0 Å². The Morgan fingerprint density at radius 1 is 0.929 bits per heavy atom. The van der Waals surface area contributed by atoms with Crippen molar-refractivity contribution in [2.24, 2.45) is 0 Å². The first kappa shape index (κ1) is 19.9. The number of hydrogen-bond acceptors (Lipinski definition) is 4. The van der Waals surface area contributed by atoms with Crippen LogP contribution in [0.15, 0.2) is 36.4 Å². The van der Waals surface area contributed by atoms with Gasteiger partial charge in [-0.15, -0.1) is 0 Å². The number of piperazine rings is 1. The lowest BCUT2D eigenvalue weighted by molar-refractivity contribution is -0.134. The van der Waals surface area contributed by atoms with Gasteiger partial charge < -0.3 is 14.5 Å². The van der Waals surface area contributed by atoms with Crippen LogP contribution >= 0.6 is 0 Å². The van der Waals surface area contributed by atoms with Crippen molar-refractivity contribution in [1.82, 2.24) is 4.90 Å². The number of amides is 1. The number of carbonyl (C=O) groups excluding carboxylic acids is 2. The minimum absolute atomic E-state index is 0.140. The van der Waals surface area contributed by atoms with Crippen molar-refractivity contribution in [1.29, 1.82) is 0 Å². The van der Waals surface area contributed by atoms with Gasteiger partial charge in [0.15, 0.2) is 6.61 Å². The zero-order valence-corrected chi connectivity index (χ0v) is 17.1. The van der Waals surface area contributed by atoms with Gasteiger partial charge in [0.05, 0.1) is 5.56 Å². The van der Waals surface area contributed by atoms with Crippen molar-refractivity contribution in [3.63, 3.8) is 0 Å². The lowest BCUT2D eigenvalue weighted by Gasteiger charge is -2.37. The highest BCUT2D eigenvalue weighted by Gasteiger charge is 2.23. The molecule has 148 valence electrons. The third-order valence-electron chi connectivity index (χ3n) is 5.49. The van der Waals surface area contributed by atoms with E-state index in [0.29, 0.717) is 18.7 Å². The molecule has 5 nitrogen and oxygen atoms in total. The molecule has 0 atom stereocenters. The summed E-state index contributed by atoms with van der Waals surface area (Å²) in [7, 11) is 0. The number of ether oxygens (including phenoxy) is 1. The zero-order chi connectivity index (χ0) is 20.3. The molecule has 3 rings (SSSR count). The number of hydrogen-bond donors (Lipinski definition) is 0. The maximum Gasteiger partial charge on any atom is 0.338 e. The summed E-state index contributed by atoms with van der Waals surface area (Å²) in [6, 6.07) is 12.0. The summed E-state index contributed by atoms with van der Waals surface area (Å²) >= 11 is 0. The minimum Gasteiger partial charge on any atom is -0.452 e. The first-order valence-corrected chi connectivity index (χ1v) is 9.70. The molecule has 1 fully saturated rings. The Labute approximate surface area is 166 Å². The summed E-state index contributed by atoms with van der Waals surface area (Å²) < 4.78 is 5.28. The zero-order valence-electron chi connectivity index (χ0n) is 17.1. The highest BCUT2D eigenvalue weighted by molar-refractivity contribution is 5.93. The average molecular weight is 380 g/mol. The monoisotopic (exact) mass is 380 g/mol.